The minimum atomic E-state index is 0.219. The van der Waals surface area contributed by atoms with Gasteiger partial charge in [0.1, 0.15) is 0 Å². The van der Waals surface area contributed by atoms with Gasteiger partial charge in [-0.05, 0) is 90.1 Å². The third kappa shape index (κ3) is 47.5. The first-order valence-corrected chi connectivity index (χ1v) is 20.9. The van der Waals surface area contributed by atoms with E-state index in [9.17, 15) is 0 Å². The second-order valence-corrected chi connectivity index (χ2v) is 13.9. The van der Waals surface area contributed by atoms with Crippen LogP contribution >= 0.6 is 0 Å². The topological polar surface area (TPSA) is 158 Å². The van der Waals surface area contributed by atoms with Crippen molar-refractivity contribution in [2.24, 2.45) is 22.9 Å². The van der Waals surface area contributed by atoms with Crippen molar-refractivity contribution in [2.45, 2.75) is 162 Å². The Bertz CT molecular complexity index is 917. The van der Waals surface area contributed by atoms with Gasteiger partial charge in [0.25, 0.3) is 0 Å². The molecule has 1 aromatic rings. The lowest BCUT2D eigenvalue weighted by Gasteiger charge is -2.07. The Balaban J connectivity index is -0.000000725. The van der Waals surface area contributed by atoms with Gasteiger partial charge in [-0.2, -0.15) is 0 Å². The molecule has 1 atom stereocenters. The molecule has 1 aromatic carbocycles. The summed E-state index contributed by atoms with van der Waals surface area (Å²) in [6.07, 6.45) is 32.4. The van der Waals surface area contributed by atoms with Crippen molar-refractivity contribution in [3.05, 3.63) is 78.8 Å². The molecular formula is C45H88N6O2. The summed E-state index contributed by atoms with van der Waals surface area (Å²) in [5, 5.41) is 14.8. The number of unbranched alkanes of at least 4 members (excludes halogenated alkanes) is 13. The van der Waals surface area contributed by atoms with Crippen LogP contribution in [0.4, 0.5) is 5.69 Å². The standard InChI is InChI=1S/C23H42N2.C10H19N.C5H12N2.C4H6O.C3H9NO/c1-2-3-4-5-6-7-8-9-10-11-12-13-14-15-20-25-23-18-16-22(21-24)17-19-23;1-9(2)5-4-6-10(3)7-8-11;6-4-5-2-1-3-7-5;1-3-5-4-2;4-2-1-3-5/h16-19,25H,2-15,20-21,24H2,1H3;5,7H,4,6,8,11H2,1-3H3;5,7H,1-4,6H2;3-4H,1-2H2;5H,1-4H2/b;10-7+;;;/t;;5-;;/m..0../s1. The van der Waals surface area contributed by atoms with Crippen molar-refractivity contribution >= 4 is 5.69 Å². The summed E-state index contributed by atoms with van der Waals surface area (Å²) in [5.41, 5.74) is 26.5. The van der Waals surface area contributed by atoms with Gasteiger partial charge in [0.05, 0.1) is 12.5 Å². The van der Waals surface area contributed by atoms with E-state index in [4.69, 9.17) is 28.0 Å². The van der Waals surface area contributed by atoms with Gasteiger partial charge in [0.15, 0.2) is 0 Å². The van der Waals surface area contributed by atoms with Crippen molar-refractivity contribution in [3.8, 4) is 0 Å². The zero-order chi connectivity index (χ0) is 40.0. The predicted molar refractivity (Wildman–Crippen MR) is 237 cm³/mol. The second kappa shape index (κ2) is 47.6. The zero-order valence-electron chi connectivity index (χ0n) is 35.2. The van der Waals surface area contributed by atoms with Crippen molar-refractivity contribution in [1.82, 2.24) is 5.32 Å². The molecule has 8 nitrogen and oxygen atoms in total. The first kappa shape index (κ1) is 54.9. The van der Waals surface area contributed by atoms with Gasteiger partial charge in [-0.3, -0.25) is 0 Å². The lowest BCUT2D eigenvalue weighted by molar-refractivity contribution is 0.291. The number of nitrogens with two attached hydrogens (primary N) is 4. The number of allylic oxidation sites excluding steroid dienone is 3. The van der Waals surface area contributed by atoms with Gasteiger partial charge >= 0.3 is 0 Å². The van der Waals surface area contributed by atoms with Crippen LogP contribution in [-0.2, 0) is 11.3 Å². The highest BCUT2D eigenvalue weighted by molar-refractivity contribution is 5.44. The first-order chi connectivity index (χ1) is 25.8. The summed E-state index contributed by atoms with van der Waals surface area (Å²) in [4.78, 5) is 0. The third-order valence-electron chi connectivity index (χ3n) is 8.61. The average Bonchev–Trinajstić information content (AvgIpc) is 3.70. The Hall–Kier alpha value is -2.46. The number of hydrogen-bond acceptors (Lipinski definition) is 8. The Kier molecular flexibility index (Phi) is 49.2. The maximum Gasteiger partial charge on any atom is 0.0829 e. The number of rotatable bonds is 26. The van der Waals surface area contributed by atoms with Gasteiger partial charge < -0.3 is 43.4 Å². The molecule has 53 heavy (non-hydrogen) atoms. The molecule has 0 bridgehead atoms. The van der Waals surface area contributed by atoms with Crippen LogP contribution in [0.25, 0.3) is 0 Å². The van der Waals surface area contributed by atoms with Crippen LogP contribution in [0.1, 0.15) is 155 Å². The Labute approximate surface area is 328 Å². The molecule has 1 fully saturated rings. The van der Waals surface area contributed by atoms with E-state index in [1.165, 1.54) is 144 Å². The number of hydrogen-bond donors (Lipinski definition) is 7. The van der Waals surface area contributed by atoms with Crippen LogP contribution in [0.3, 0.4) is 0 Å². The van der Waals surface area contributed by atoms with E-state index in [0.717, 1.165) is 32.4 Å². The fourth-order valence-electron chi connectivity index (χ4n) is 5.32. The Morgan fingerprint density at radius 2 is 1.36 bits per heavy atom. The van der Waals surface area contributed by atoms with Crippen LogP contribution < -0.4 is 33.6 Å². The summed E-state index contributed by atoms with van der Waals surface area (Å²) in [6.45, 7) is 20.3. The molecule has 0 aromatic heterocycles. The van der Waals surface area contributed by atoms with E-state index in [1.54, 1.807) is 0 Å². The molecule has 8 heteroatoms. The van der Waals surface area contributed by atoms with E-state index in [1.807, 2.05) is 0 Å². The fraction of sp³-hybridized carbons (Fsp3) is 0.689. The quantitative estimate of drug-likeness (QED) is 0.0281. The van der Waals surface area contributed by atoms with Crippen LogP contribution in [0.5, 0.6) is 0 Å². The van der Waals surface area contributed by atoms with Gasteiger partial charge in [-0.1, -0.05) is 139 Å². The highest BCUT2D eigenvalue weighted by Crippen LogP contribution is 2.14. The fourth-order valence-corrected chi connectivity index (χ4v) is 5.32. The summed E-state index contributed by atoms with van der Waals surface area (Å²) in [6, 6.07) is 9.10. The van der Waals surface area contributed by atoms with E-state index in [-0.39, 0.29) is 6.61 Å². The van der Waals surface area contributed by atoms with Gasteiger partial charge in [0.2, 0.25) is 0 Å². The van der Waals surface area contributed by atoms with E-state index < -0.39 is 0 Å². The normalized spacial score (nSPS) is 13.0. The Morgan fingerprint density at radius 3 is 1.70 bits per heavy atom. The third-order valence-corrected chi connectivity index (χ3v) is 8.61. The second-order valence-electron chi connectivity index (χ2n) is 13.9. The summed E-state index contributed by atoms with van der Waals surface area (Å²) in [7, 11) is 0. The molecule has 0 saturated carbocycles. The number of nitrogens with one attached hydrogen (secondary N) is 2. The molecule has 0 spiro atoms. The number of aliphatic hydroxyl groups excluding tert-OH is 1. The zero-order valence-corrected chi connectivity index (χ0v) is 35.2. The van der Waals surface area contributed by atoms with Gasteiger partial charge in [-0.25, -0.2) is 0 Å². The van der Waals surface area contributed by atoms with Gasteiger partial charge in [0, 0.05) is 44.5 Å². The highest BCUT2D eigenvalue weighted by Gasteiger charge is 2.10. The molecule has 0 amide bonds. The number of benzene rings is 1. The minimum Gasteiger partial charge on any atom is -0.474 e. The molecule has 1 saturated heterocycles. The molecule has 11 N–H and O–H groups in total. The molecule has 0 unspecified atom stereocenters. The summed E-state index contributed by atoms with van der Waals surface area (Å²) < 4.78 is 4.36. The van der Waals surface area contributed by atoms with Crippen molar-refractivity contribution in [3.63, 3.8) is 0 Å². The SMILES string of the molecule is C=COC=C.CC(C)=CCC/C(C)=C/CN.CCCCCCCCCCCCCCCCNc1ccc(CN)cc1.NCCCO.NC[C@@H]1CCCN1. The van der Waals surface area contributed by atoms with Crippen LogP contribution in [0, 0.1) is 0 Å². The van der Waals surface area contributed by atoms with Crippen LogP contribution in [0.2, 0.25) is 0 Å². The molecule has 1 heterocycles. The summed E-state index contributed by atoms with van der Waals surface area (Å²) in [5.74, 6) is 0. The van der Waals surface area contributed by atoms with Gasteiger partial charge in [-0.15, -0.1) is 0 Å². The van der Waals surface area contributed by atoms with Crippen molar-refractivity contribution in [1.29, 1.82) is 0 Å². The largest absolute Gasteiger partial charge is 0.474 e. The van der Waals surface area contributed by atoms with E-state index >= 15 is 0 Å². The van der Waals surface area contributed by atoms with E-state index in [0.29, 0.717) is 25.7 Å². The highest BCUT2D eigenvalue weighted by atomic mass is 16.5. The van der Waals surface area contributed by atoms with Crippen LogP contribution in [0.15, 0.2) is 73.2 Å². The molecule has 310 valence electrons. The maximum atomic E-state index is 7.99. The Morgan fingerprint density at radius 1 is 0.811 bits per heavy atom. The monoisotopic (exact) mass is 745 g/mol. The number of aliphatic hydroxyl groups is 1. The smallest absolute Gasteiger partial charge is 0.0829 e. The minimum absolute atomic E-state index is 0.219. The molecule has 0 radical (unpaired) electrons. The van der Waals surface area contributed by atoms with Crippen molar-refractivity contribution < 1.29 is 9.84 Å². The molecular weight excluding hydrogens is 657 g/mol. The van der Waals surface area contributed by atoms with Crippen LogP contribution in [-0.4, -0.2) is 50.5 Å². The maximum absolute atomic E-state index is 7.99. The molecule has 0 aliphatic carbocycles. The number of ether oxygens (including phenoxy) is 1. The lowest BCUT2D eigenvalue weighted by atomic mass is 10.0. The van der Waals surface area contributed by atoms with Crippen molar-refractivity contribution in [2.75, 3.05) is 44.6 Å². The number of anilines is 1. The molecule has 1 aliphatic rings. The molecule has 2 rings (SSSR count). The average molecular weight is 745 g/mol. The molecule has 1 aliphatic heterocycles. The lowest BCUT2D eigenvalue weighted by Crippen LogP contribution is -2.29. The summed E-state index contributed by atoms with van der Waals surface area (Å²) >= 11 is 0. The van der Waals surface area contributed by atoms with E-state index in [2.05, 4.69) is 92.6 Å². The first-order valence-electron chi connectivity index (χ1n) is 20.9. The predicted octanol–water partition coefficient (Wildman–Crippen LogP) is 9.99.